The highest BCUT2D eigenvalue weighted by Crippen LogP contribution is 2.30. The summed E-state index contributed by atoms with van der Waals surface area (Å²) in [5.41, 5.74) is 3.87. The lowest BCUT2D eigenvalue weighted by atomic mass is 9.87. The van der Waals surface area contributed by atoms with Crippen LogP contribution in [0.4, 0.5) is 0 Å². The predicted octanol–water partition coefficient (Wildman–Crippen LogP) is 3.40. The summed E-state index contributed by atoms with van der Waals surface area (Å²) in [6.45, 7) is 6.57. The Balaban J connectivity index is 1.29. The van der Waals surface area contributed by atoms with Gasteiger partial charge in [0.2, 0.25) is 5.91 Å². The summed E-state index contributed by atoms with van der Waals surface area (Å²) in [6.07, 6.45) is 3.26. The van der Waals surface area contributed by atoms with Gasteiger partial charge in [-0.25, -0.2) is 0 Å². The number of nitrogens with one attached hydrogen (secondary N) is 1. The van der Waals surface area contributed by atoms with Crippen molar-refractivity contribution in [3.8, 4) is 11.5 Å². The van der Waals surface area contributed by atoms with Crippen LogP contribution < -0.4 is 14.8 Å². The SMILES string of the molecule is COc1ccc(CN2CCN([C@H](C)C(=O)N[C@@H]3CCCc4ccccc43)CC2)cc1OC. The van der Waals surface area contributed by atoms with E-state index in [0.29, 0.717) is 0 Å². The van der Waals surface area contributed by atoms with E-state index in [4.69, 9.17) is 9.47 Å². The first-order valence-electron chi connectivity index (χ1n) is 11.6. The molecule has 2 aliphatic rings. The Morgan fingerprint density at radius 2 is 1.81 bits per heavy atom. The van der Waals surface area contributed by atoms with Gasteiger partial charge in [-0.2, -0.15) is 0 Å². The summed E-state index contributed by atoms with van der Waals surface area (Å²) in [6, 6.07) is 14.6. The van der Waals surface area contributed by atoms with Gasteiger partial charge in [0, 0.05) is 32.7 Å². The van der Waals surface area contributed by atoms with Crippen LogP contribution in [0.5, 0.6) is 11.5 Å². The number of nitrogens with zero attached hydrogens (tertiary/aromatic N) is 2. The first-order chi connectivity index (χ1) is 15.6. The lowest BCUT2D eigenvalue weighted by Crippen LogP contribution is -2.54. The molecule has 0 unspecified atom stereocenters. The van der Waals surface area contributed by atoms with E-state index in [1.54, 1.807) is 14.2 Å². The fourth-order valence-electron chi connectivity index (χ4n) is 4.91. The highest BCUT2D eigenvalue weighted by molar-refractivity contribution is 5.81. The number of aryl methyl sites for hydroxylation is 1. The van der Waals surface area contributed by atoms with Crippen LogP contribution in [0, 0.1) is 0 Å². The molecule has 6 heteroatoms. The van der Waals surface area contributed by atoms with Crippen molar-refractivity contribution in [2.75, 3.05) is 40.4 Å². The molecule has 1 fully saturated rings. The number of fused-ring (bicyclic) bond motifs is 1. The average molecular weight is 438 g/mol. The largest absolute Gasteiger partial charge is 0.493 e. The van der Waals surface area contributed by atoms with Crippen LogP contribution in [-0.4, -0.2) is 62.1 Å². The van der Waals surface area contributed by atoms with E-state index in [1.807, 2.05) is 19.1 Å². The molecule has 0 spiro atoms. The number of carbonyl (C=O) groups is 1. The lowest BCUT2D eigenvalue weighted by Gasteiger charge is -2.38. The highest BCUT2D eigenvalue weighted by Gasteiger charge is 2.28. The minimum absolute atomic E-state index is 0.118. The van der Waals surface area contributed by atoms with Gasteiger partial charge in [-0.15, -0.1) is 0 Å². The van der Waals surface area contributed by atoms with Crippen LogP contribution in [0.25, 0.3) is 0 Å². The molecule has 0 radical (unpaired) electrons. The zero-order valence-corrected chi connectivity index (χ0v) is 19.5. The summed E-state index contributed by atoms with van der Waals surface area (Å²) in [4.78, 5) is 17.8. The Morgan fingerprint density at radius 1 is 1.06 bits per heavy atom. The predicted molar refractivity (Wildman–Crippen MR) is 126 cm³/mol. The third-order valence-corrected chi connectivity index (χ3v) is 6.87. The number of hydrogen-bond acceptors (Lipinski definition) is 5. The molecule has 1 aliphatic heterocycles. The van der Waals surface area contributed by atoms with E-state index in [2.05, 4.69) is 45.4 Å². The van der Waals surface area contributed by atoms with Gasteiger partial charge in [-0.1, -0.05) is 30.3 Å². The van der Waals surface area contributed by atoms with Gasteiger partial charge < -0.3 is 14.8 Å². The molecule has 32 heavy (non-hydrogen) atoms. The maximum absolute atomic E-state index is 13.0. The Labute approximate surface area is 191 Å². The third-order valence-electron chi connectivity index (χ3n) is 6.87. The number of methoxy groups -OCH3 is 2. The van der Waals surface area contributed by atoms with E-state index in [9.17, 15) is 4.79 Å². The molecule has 4 rings (SSSR count). The number of carbonyl (C=O) groups excluding carboxylic acids is 1. The molecule has 6 nitrogen and oxygen atoms in total. The van der Waals surface area contributed by atoms with Crippen molar-refractivity contribution in [2.45, 2.75) is 44.8 Å². The van der Waals surface area contributed by atoms with Gasteiger partial charge >= 0.3 is 0 Å². The molecular weight excluding hydrogens is 402 g/mol. The fraction of sp³-hybridized carbons (Fsp3) is 0.500. The second-order valence-electron chi connectivity index (χ2n) is 8.83. The molecule has 1 heterocycles. The lowest BCUT2D eigenvalue weighted by molar-refractivity contribution is -0.127. The molecule has 0 aromatic heterocycles. The summed E-state index contributed by atoms with van der Waals surface area (Å²) in [7, 11) is 3.32. The average Bonchev–Trinajstić information content (AvgIpc) is 2.84. The molecule has 0 saturated carbocycles. The second-order valence-corrected chi connectivity index (χ2v) is 8.83. The molecular formula is C26H35N3O3. The van der Waals surface area contributed by atoms with E-state index in [1.165, 1.54) is 16.7 Å². The van der Waals surface area contributed by atoms with Crippen molar-refractivity contribution in [2.24, 2.45) is 0 Å². The molecule has 1 saturated heterocycles. The quantitative estimate of drug-likeness (QED) is 0.720. The van der Waals surface area contributed by atoms with Gasteiger partial charge in [0.1, 0.15) is 0 Å². The van der Waals surface area contributed by atoms with Crippen LogP contribution in [-0.2, 0) is 17.8 Å². The van der Waals surface area contributed by atoms with Crippen LogP contribution >= 0.6 is 0 Å². The van der Waals surface area contributed by atoms with Crippen LogP contribution in [0.2, 0.25) is 0 Å². The molecule has 172 valence electrons. The van der Waals surface area contributed by atoms with Gasteiger partial charge in [0.25, 0.3) is 0 Å². The Hall–Kier alpha value is -2.57. The Bertz CT molecular complexity index is 924. The maximum atomic E-state index is 13.0. The van der Waals surface area contributed by atoms with E-state index >= 15 is 0 Å². The van der Waals surface area contributed by atoms with Crippen molar-refractivity contribution in [3.05, 3.63) is 59.2 Å². The normalized spacial score (nSPS) is 20.3. The smallest absolute Gasteiger partial charge is 0.237 e. The zero-order valence-electron chi connectivity index (χ0n) is 19.5. The van der Waals surface area contributed by atoms with Gasteiger partial charge in [-0.05, 0) is 55.0 Å². The first kappa shape index (κ1) is 22.6. The number of rotatable bonds is 7. The summed E-state index contributed by atoms with van der Waals surface area (Å²) in [5, 5.41) is 3.33. The van der Waals surface area contributed by atoms with Crippen LogP contribution in [0.15, 0.2) is 42.5 Å². The van der Waals surface area contributed by atoms with Crippen molar-refractivity contribution in [1.82, 2.24) is 15.1 Å². The Kier molecular flexibility index (Phi) is 7.33. The van der Waals surface area contributed by atoms with E-state index in [0.717, 1.165) is 63.5 Å². The fourth-order valence-corrected chi connectivity index (χ4v) is 4.91. The Morgan fingerprint density at radius 3 is 2.56 bits per heavy atom. The number of amides is 1. The topological polar surface area (TPSA) is 54.0 Å². The number of hydrogen-bond donors (Lipinski definition) is 1. The van der Waals surface area contributed by atoms with Crippen molar-refractivity contribution in [1.29, 1.82) is 0 Å². The van der Waals surface area contributed by atoms with Gasteiger partial charge in [0.15, 0.2) is 11.5 Å². The highest BCUT2D eigenvalue weighted by atomic mass is 16.5. The number of benzene rings is 2. The molecule has 2 aromatic rings. The molecule has 0 bridgehead atoms. The maximum Gasteiger partial charge on any atom is 0.237 e. The second kappa shape index (κ2) is 10.4. The number of ether oxygens (including phenoxy) is 2. The standard InChI is InChI=1S/C26H35N3O3/c1-19(26(30)27-23-10-6-8-21-7-4-5-9-22(21)23)29-15-13-28(14-16-29)18-20-11-12-24(31-2)25(17-20)32-3/h4-5,7,9,11-12,17,19,23H,6,8,10,13-16,18H2,1-3H3,(H,27,30)/t19-,23-/m1/s1. The minimum Gasteiger partial charge on any atom is -0.493 e. The van der Waals surface area contributed by atoms with E-state index < -0.39 is 0 Å². The molecule has 1 N–H and O–H groups in total. The molecule has 1 amide bonds. The van der Waals surface area contributed by atoms with Gasteiger partial charge in [0.05, 0.1) is 26.3 Å². The first-order valence-corrected chi connectivity index (χ1v) is 11.6. The van der Waals surface area contributed by atoms with Crippen molar-refractivity contribution >= 4 is 5.91 Å². The minimum atomic E-state index is -0.118. The monoisotopic (exact) mass is 437 g/mol. The summed E-state index contributed by atoms with van der Waals surface area (Å²) < 4.78 is 10.8. The van der Waals surface area contributed by atoms with Gasteiger partial charge in [-0.3, -0.25) is 14.6 Å². The molecule has 1 aliphatic carbocycles. The van der Waals surface area contributed by atoms with Crippen molar-refractivity contribution in [3.63, 3.8) is 0 Å². The zero-order chi connectivity index (χ0) is 22.5. The summed E-state index contributed by atoms with van der Waals surface area (Å²) in [5.74, 6) is 1.65. The van der Waals surface area contributed by atoms with Crippen LogP contribution in [0.1, 0.15) is 42.5 Å². The van der Waals surface area contributed by atoms with E-state index in [-0.39, 0.29) is 18.0 Å². The summed E-state index contributed by atoms with van der Waals surface area (Å²) >= 11 is 0. The van der Waals surface area contributed by atoms with Crippen LogP contribution in [0.3, 0.4) is 0 Å². The molecule has 2 aromatic carbocycles. The molecule has 2 atom stereocenters. The number of piperazine rings is 1. The third kappa shape index (κ3) is 5.08. The van der Waals surface area contributed by atoms with Crippen molar-refractivity contribution < 1.29 is 14.3 Å².